The zero-order valence-corrected chi connectivity index (χ0v) is 28.9. The monoisotopic (exact) mass is 680 g/mol. The molecule has 6 aromatic heterocycles. The minimum absolute atomic E-state index is 0.106. The van der Waals surface area contributed by atoms with Crippen LogP contribution in [0.2, 0.25) is 0 Å². The number of pyridine rings is 2. The molecule has 0 unspecified atom stereocenters. The lowest BCUT2D eigenvalue weighted by Gasteiger charge is -2.33. The number of hydrogen-bond donors (Lipinski definition) is 2. The molecule has 12 heteroatoms. The first-order valence-corrected chi connectivity index (χ1v) is 18.8. The minimum atomic E-state index is -0.411. The summed E-state index contributed by atoms with van der Waals surface area (Å²) >= 11 is 3.40. The molecule has 0 saturated heterocycles. The van der Waals surface area contributed by atoms with Crippen molar-refractivity contribution < 1.29 is 10.2 Å². The third-order valence-corrected chi connectivity index (χ3v) is 12.1. The Morgan fingerprint density at radius 1 is 0.708 bits per heavy atom. The fourth-order valence-electron chi connectivity index (χ4n) is 7.89. The lowest BCUT2D eigenvalue weighted by atomic mass is 9.82. The molecule has 2 N–H and O–H groups in total. The van der Waals surface area contributed by atoms with Crippen LogP contribution in [0.4, 0.5) is 0 Å². The smallest absolute Gasteiger partial charge is 0.109 e. The summed E-state index contributed by atoms with van der Waals surface area (Å²) in [5.74, 6) is 2.33. The Hall–Kier alpha value is -3.94. The second-order valence-electron chi connectivity index (χ2n) is 13.1. The van der Waals surface area contributed by atoms with Crippen LogP contribution in [0, 0.1) is 34.5 Å². The molecule has 2 saturated carbocycles. The molecule has 248 valence electrons. The molecule has 2 aliphatic carbocycles. The van der Waals surface area contributed by atoms with Crippen molar-refractivity contribution in [3.63, 3.8) is 0 Å². The van der Waals surface area contributed by atoms with Gasteiger partial charge in [-0.15, -0.1) is 22.7 Å². The average molecular weight is 681 g/mol. The van der Waals surface area contributed by atoms with Crippen LogP contribution in [0.15, 0.2) is 35.3 Å². The molecular formula is C36H40N8O2S2. The van der Waals surface area contributed by atoms with Crippen LogP contribution in [0.3, 0.4) is 0 Å². The number of aryl methyl sites for hydroxylation is 2. The third kappa shape index (κ3) is 5.85. The second kappa shape index (κ2) is 13.9. The maximum Gasteiger partial charge on any atom is 0.109 e. The number of nitrogens with zero attached hydrogens (tertiary/aromatic N) is 8. The van der Waals surface area contributed by atoms with E-state index in [4.69, 9.17) is 20.5 Å². The van der Waals surface area contributed by atoms with E-state index in [9.17, 15) is 10.2 Å². The highest BCUT2D eigenvalue weighted by Crippen LogP contribution is 2.41. The average Bonchev–Trinajstić information content (AvgIpc) is 3.90. The van der Waals surface area contributed by atoms with Crippen LogP contribution in [0.25, 0.3) is 42.5 Å². The Morgan fingerprint density at radius 3 is 1.52 bits per heavy atom. The van der Waals surface area contributed by atoms with E-state index < -0.39 is 12.2 Å². The number of imidazole rings is 2. The zero-order chi connectivity index (χ0) is 33.4. The number of aromatic nitrogens is 6. The van der Waals surface area contributed by atoms with E-state index in [-0.39, 0.29) is 23.9 Å². The summed E-state index contributed by atoms with van der Waals surface area (Å²) in [5.41, 5.74) is 6.21. The van der Waals surface area contributed by atoms with Gasteiger partial charge < -0.3 is 19.3 Å². The van der Waals surface area contributed by atoms with Crippen molar-refractivity contribution >= 4 is 65.2 Å². The van der Waals surface area contributed by atoms with Gasteiger partial charge in [0.15, 0.2) is 0 Å². The van der Waals surface area contributed by atoms with Gasteiger partial charge in [-0.3, -0.25) is 9.97 Å². The minimum Gasteiger partial charge on any atom is -0.393 e. The molecule has 6 heterocycles. The summed E-state index contributed by atoms with van der Waals surface area (Å²) in [5, 5.41) is 42.9. The lowest BCUT2D eigenvalue weighted by Crippen LogP contribution is -2.31. The van der Waals surface area contributed by atoms with Gasteiger partial charge in [-0.05, 0) is 73.3 Å². The number of fused-ring (bicyclic) bond motifs is 6. The first kappa shape index (κ1) is 32.6. The SMILES string of the molecule is CCc1nc2cnc3ccsc3c2n1[C@@H]1CC[C@@H](CC#N)[C@@H](O)C1.CCc1nc2cnc3ccsc3c2n1[C@H]1CC[C@H](CC#N)[C@H](O)C1. The molecule has 0 spiro atoms. The third-order valence-electron chi connectivity index (χ3n) is 10.3. The molecule has 10 nitrogen and oxygen atoms in total. The second-order valence-corrected chi connectivity index (χ2v) is 14.9. The summed E-state index contributed by atoms with van der Waals surface area (Å²) in [6.45, 7) is 4.24. The highest BCUT2D eigenvalue weighted by atomic mass is 32.1. The van der Waals surface area contributed by atoms with Crippen LogP contribution < -0.4 is 0 Å². The molecular weight excluding hydrogens is 641 g/mol. The Balaban J connectivity index is 0.000000152. The highest BCUT2D eigenvalue weighted by molar-refractivity contribution is 7.18. The predicted molar refractivity (Wildman–Crippen MR) is 190 cm³/mol. The molecule has 0 aliphatic heterocycles. The summed E-state index contributed by atoms with van der Waals surface area (Å²) in [4.78, 5) is 18.6. The maximum absolute atomic E-state index is 10.5. The highest BCUT2D eigenvalue weighted by Gasteiger charge is 2.33. The number of thiophene rings is 2. The van der Waals surface area contributed by atoms with Crippen LogP contribution in [-0.2, 0) is 12.8 Å². The fourth-order valence-corrected chi connectivity index (χ4v) is 9.67. The number of hydrogen-bond acceptors (Lipinski definition) is 10. The number of nitriles is 2. The molecule has 48 heavy (non-hydrogen) atoms. The van der Waals surface area contributed by atoms with Gasteiger partial charge in [0.2, 0.25) is 0 Å². The summed E-state index contributed by atoms with van der Waals surface area (Å²) in [6.07, 6.45) is 10.6. The molecule has 6 atom stereocenters. The van der Waals surface area contributed by atoms with E-state index in [1.54, 1.807) is 22.7 Å². The molecule has 8 rings (SSSR count). The summed E-state index contributed by atoms with van der Waals surface area (Å²) in [7, 11) is 0. The summed E-state index contributed by atoms with van der Waals surface area (Å²) in [6, 6.07) is 8.97. The molecule has 2 aliphatic rings. The lowest BCUT2D eigenvalue weighted by molar-refractivity contribution is 0.0498. The van der Waals surface area contributed by atoms with Gasteiger partial charge in [-0.25, -0.2) is 9.97 Å². The molecule has 0 aromatic carbocycles. The standard InChI is InChI=1S/2C18H20N4OS/c2*1-2-16-21-14-10-20-13-6-8-24-18(13)17(14)22(16)12-4-3-11(5-7-19)15(23)9-12/h2*6,8,10-12,15,23H,2-5,9H2,1H3/t2*11-,12+,15-/m10/s1. The Labute approximate surface area is 287 Å². The first-order valence-electron chi connectivity index (χ1n) is 17.0. The van der Waals surface area contributed by atoms with Crippen molar-refractivity contribution in [3.8, 4) is 12.1 Å². The molecule has 0 amide bonds. The normalized spacial score (nSPS) is 24.5. The van der Waals surface area contributed by atoms with Crippen LogP contribution in [0.1, 0.15) is 88.9 Å². The van der Waals surface area contributed by atoms with Gasteiger partial charge in [-0.1, -0.05) is 13.8 Å². The molecule has 2 fully saturated rings. The van der Waals surface area contributed by atoms with Gasteiger partial charge in [-0.2, -0.15) is 10.5 Å². The van der Waals surface area contributed by atoms with Crippen molar-refractivity contribution in [2.75, 3.05) is 0 Å². The van der Waals surface area contributed by atoms with Crippen molar-refractivity contribution in [1.82, 2.24) is 29.1 Å². The van der Waals surface area contributed by atoms with E-state index in [1.165, 1.54) is 9.40 Å². The molecule has 0 bridgehead atoms. The van der Waals surface area contributed by atoms with Crippen molar-refractivity contribution in [2.45, 2.75) is 102 Å². The molecule has 0 radical (unpaired) electrons. The number of aliphatic hydroxyl groups is 2. The van der Waals surface area contributed by atoms with E-state index in [1.807, 2.05) is 24.5 Å². The van der Waals surface area contributed by atoms with E-state index >= 15 is 0 Å². The van der Waals surface area contributed by atoms with Gasteiger partial charge in [0.05, 0.1) is 68.2 Å². The molecule has 6 aromatic rings. The largest absolute Gasteiger partial charge is 0.393 e. The van der Waals surface area contributed by atoms with Crippen molar-refractivity contribution in [2.24, 2.45) is 11.8 Å². The Kier molecular flexibility index (Phi) is 9.43. The zero-order valence-electron chi connectivity index (χ0n) is 27.3. The van der Waals surface area contributed by atoms with Gasteiger partial charge in [0.25, 0.3) is 0 Å². The Bertz CT molecular complexity index is 2000. The summed E-state index contributed by atoms with van der Waals surface area (Å²) < 4.78 is 7.02. The maximum atomic E-state index is 10.5. The van der Waals surface area contributed by atoms with Crippen molar-refractivity contribution in [1.29, 1.82) is 10.5 Å². The van der Waals surface area contributed by atoms with Crippen LogP contribution >= 0.6 is 22.7 Å². The van der Waals surface area contributed by atoms with E-state index in [2.05, 4.69) is 55.8 Å². The number of aliphatic hydroxyl groups excluding tert-OH is 2. The number of rotatable bonds is 6. The van der Waals surface area contributed by atoms with Gasteiger partial charge in [0, 0.05) is 37.8 Å². The van der Waals surface area contributed by atoms with E-state index in [0.717, 1.165) is 83.3 Å². The van der Waals surface area contributed by atoms with Crippen LogP contribution in [0.5, 0.6) is 0 Å². The predicted octanol–water partition coefficient (Wildman–Crippen LogP) is 7.65. The van der Waals surface area contributed by atoms with Crippen molar-refractivity contribution in [3.05, 3.63) is 46.9 Å². The van der Waals surface area contributed by atoms with E-state index in [0.29, 0.717) is 25.7 Å². The quantitative estimate of drug-likeness (QED) is 0.182. The first-order chi connectivity index (χ1) is 23.4. The topological polar surface area (TPSA) is 149 Å². The fraction of sp³-hybridized carbons (Fsp3) is 0.500. The Morgan fingerprint density at radius 2 is 1.15 bits per heavy atom. The van der Waals surface area contributed by atoms with Crippen LogP contribution in [-0.4, -0.2) is 51.5 Å². The van der Waals surface area contributed by atoms with Gasteiger partial charge in [0.1, 0.15) is 22.7 Å². The van der Waals surface area contributed by atoms with Gasteiger partial charge >= 0.3 is 0 Å².